The van der Waals surface area contributed by atoms with Gasteiger partial charge in [0.1, 0.15) is 0 Å². The summed E-state index contributed by atoms with van der Waals surface area (Å²) < 4.78 is 5.55. The average molecular weight is 420 g/mol. The predicted molar refractivity (Wildman–Crippen MR) is 120 cm³/mol. The maximum atomic E-state index is 11.8. The smallest absolute Gasteiger partial charge is 0.251 e. The minimum atomic E-state index is -0.0554. The van der Waals surface area contributed by atoms with Crippen molar-refractivity contribution in [1.82, 2.24) is 20.9 Å². The molecule has 1 amide bonds. The number of nitrogens with one attached hydrogen (secondary N) is 3. The van der Waals surface area contributed by atoms with Gasteiger partial charge in [0.2, 0.25) is 0 Å². The highest BCUT2D eigenvalue weighted by Crippen LogP contribution is 2.33. The van der Waals surface area contributed by atoms with E-state index in [1.54, 1.807) is 7.05 Å². The number of nitrogens with zero attached hydrogens (tertiary/aromatic N) is 2. The maximum Gasteiger partial charge on any atom is 0.251 e. The van der Waals surface area contributed by atoms with Crippen molar-refractivity contribution >= 4 is 23.6 Å². The third kappa shape index (κ3) is 5.87. The van der Waals surface area contributed by atoms with E-state index >= 15 is 0 Å². The highest BCUT2D eigenvalue weighted by Gasteiger charge is 2.40. The summed E-state index contributed by atoms with van der Waals surface area (Å²) in [6.45, 7) is 5.33. The van der Waals surface area contributed by atoms with Gasteiger partial charge in [-0.15, -0.1) is 0 Å². The number of carbonyl (C=O) groups excluding carboxylic acids is 1. The molecule has 2 saturated heterocycles. The zero-order valence-corrected chi connectivity index (χ0v) is 18.3. The van der Waals surface area contributed by atoms with Gasteiger partial charge in [-0.25, -0.2) is 0 Å². The lowest BCUT2D eigenvalue weighted by Gasteiger charge is -2.43. The number of ether oxygens (including phenoxy) is 1. The lowest BCUT2D eigenvalue weighted by molar-refractivity contribution is -0.0120. The second kappa shape index (κ2) is 10.8. The first-order chi connectivity index (χ1) is 14.2. The third-order valence-electron chi connectivity index (χ3n) is 5.70. The molecule has 3 rings (SSSR count). The van der Waals surface area contributed by atoms with Crippen molar-refractivity contribution in [2.75, 3.05) is 65.0 Å². The Balaban J connectivity index is 1.50. The molecule has 8 heteroatoms. The highest BCUT2D eigenvalue weighted by molar-refractivity contribution is 7.99. The van der Waals surface area contributed by atoms with Crippen LogP contribution in [-0.2, 0) is 11.2 Å². The molecule has 0 aromatic heterocycles. The zero-order valence-electron chi connectivity index (χ0n) is 17.5. The lowest BCUT2D eigenvalue weighted by Crippen LogP contribution is -2.60. The van der Waals surface area contributed by atoms with Gasteiger partial charge in [-0.2, -0.15) is 11.8 Å². The SMILES string of the molecule is CN=C(NCCc1cccc(C(=O)NC)c1)NCC1(N2CCOCC2)CCSC1. The normalized spacial score (nSPS) is 23.0. The molecule has 0 aliphatic carbocycles. The Morgan fingerprint density at radius 3 is 2.83 bits per heavy atom. The third-order valence-corrected chi connectivity index (χ3v) is 6.93. The first-order valence-electron chi connectivity index (χ1n) is 10.3. The van der Waals surface area contributed by atoms with Crippen molar-refractivity contribution in [3.8, 4) is 0 Å². The Hall–Kier alpha value is -1.77. The molecule has 0 radical (unpaired) electrons. The number of aliphatic imine (C=N–C) groups is 1. The van der Waals surface area contributed by atoms with Gasteiger partial charge in [-0.1, -0.05) is 12.1 Å². The van der Waals surface area contributed by atoms with E-state index in [1.165, 1.54) is 12.2 Å². The lowest BCUT2D eigenvalue weighted by atomic mass is 9.95. The van der Waals surface area contributed by atoms with Crippen molar-refractivity contribution in [2.45, 2.75) is 18.4 Å². The molecular formula is C21H33N5O2S. The van der Waals surface area contributed by atoms with Crippen molar-refractivity contribution in [1.29, 1.82) is 0 Å². The maximum absolute atomic E-state index is 11.8. The van der Waals surface area contributed by atoms with Crippen LogP contribution in [-0.4, -0.2) is 87.3 Å². The molecule has 29 heavy (non-hydrogen) atoms. The number of hydrogen-bond donors (Lipinski definition) is 3. The van der Waals surface area contributed by atoms with Crippen molar-refractivity contribution < 1.29 is 9.53 Å². The van der Waals surface area contributed by atoms with Crippen LogP contribution in [0.5, 0.6) is 0 Å². The number of hydrogen-bond acceptors (Lipinski definition) is 5. The van der Waals surface area contributed by atoms with Gasteiger partial charge in [0, 0.05) is 57.1 Å². The number of amides is 1. The molecule has 2 aliphatic heterocycles. The zero-order chi connectivity index (χ0) is 20.5. The van der Waals surface area contributed by atoms with Crippen molar-refractivity contribution in [3.63, 3.8) is 0 Å². The standard InChI is InChI=1S/C21H33N5O2S/c1-22-19(27)18-5-3-4-17(14-18)6-8-24-20(23-2)25-15-21(7-13-29-16-21)26-9-11-28-12-10-26/h3-5,14H,6-13,15-16H2,1-2H3,(H,22,27)(H2,23,24,25). The van der Waals surface area contributed by atoms with E-state index in [-0.39, 0.29) is 11.4 Å². The summed E-state index contributed by atoms with van der Waals surface area (Å²) in [5.41, 5.74) is 2.01. The Bertz CT molecular complexity index is 700. The first-order valence-corrected chi connectivity index (χ1v) is 11.5. The Kier molecular flexibility index (Phi) is 8.20. The number of carbonyl (C=O) groups is 1. The molecular weight excluding hydrogens is 386 g/mol. The van der Waals surface area contributed by atoms with Gasteiger partial charge in [-0.3, -0.25) is 14.7 Å². The van der Waals surface area contributed by atoms with E-state index in [0.29, 0.717) is 5.56 Å². The molecule has 160 valence electrons. The van der Waals surface area contributed by atoms with Gasteiger partial charge in [0.05, 0.1) is 13.2 Å². The molecule has 1 atom stereocenters. The second-order valence-electron chi connectivity index (χ2n) is 7.51. The fourth-order valence-corrected chi connectivity index (χ4v) is 5.42. The Labute approximate surface area is 178 Å². The Morgan fingerprint density at radius 2 is 2.14 bits per heavy atom. The molecule has 0 bridgehead atoms. The summed E-state index contributed by atoms with van der Waals surface area (Å²) >= 11 is 2.04. The molecule has 1 aromatic rings. The molecule has 1 unspecified atom stereocenters. The quantitative estimate of drug-likeness (QED) is 0.451. The fraction of sp³-hybridized carbons (Fsp3) is 0.619. The van der Waals surface area contributed by atoms with Crippen LogP contribution in [0.4, 0.5) is 0 Å². The monoisotopic (exact) mass is 419 g/mol. The van der Waals surface area contributed by atoms with Crippen LogP contribution in [0.25, 0.3) is 0 Å². The first kappa shape index (κ1) is 21.9. The summed E-state index contributed by atoms with van der Waals surface area (Å²) in [4.78, 5) is 18.8. The van der Waals surface area contributed by atoms with Crippen LogP contribution < -0.4 is 16.0 Å². The minimum Gasteiger partial charge on any atom is -0.379 e. The van der Waals surface area contributed by atoms with Gasteiger partial charge in [0.15, 0.2) is 5.96 Å². The van der Waals surface area contributed by atoms with Crippen LogP contribution in [0.15, 0.2) is 29.3 Å². The van der Waals surface area contributed by atoms with E-state index in [0.717, 1.165) is 63.1 Å². The van der Waals surface area contributed by atoms with Gasteiger partial charge < -0.3 is 20.7 Å². The van der Waals surface area contributed by atoms with Crippen LogP contribution in [0.1, 0.15) is 22.3 Å². The fourth-order valence-electron chi connectivity index (χ4n) is 3.94. The number of rotatable bonds is 7. The molecule has 0 spiro atoms. The molecule has 2 fully saturated rings. The summed E-state index contributed by atoms with van der Waals surface area (Å²) in [5.74, 6) is 3.15. The molecule has 7 nitrogen and oxygen atoms in total. The van der Waals surface area contributed by atoms with Gasteiger partial charge in [0.25, 0.3) is 5.91 Å². The van der Waals surface area contributed by atoms with Crippen molar-refractivity contribution in [2.24, 2.45) is 4.99 Å². The minimum absolute atomic E-state index is 0.0554. The second-order valence-corrected chi connectivity index (χ2v) is 8.61. The van der Waals surface area contributed by atoms with E-state index in [2.05, 4.69) is 25.8 Å². The van der Waals surface area contributed by atoms with Gasteiger partial charge in [-0.05, 0) is 36.3 Å². The van der Waals surface area contributed by atoms with Crippen LogP contribution in [0, 0.1) is 0 Å². The summed E-state index contributed by atoms with van der Waals surface area (Å²) in [5, 5.41) is 9.64. The van der Waals surface area contributed by atoms with E-state index in [1.807, 2.05) is 43.1 Å². The summed E-state index contributed by atoms with van der Waals surface area (Å²) in [7, 11) is 3.46. The molecule has 0 saturated carbocycles. The average Bonchev–Trinajstić information content (AvgIpc) is 3.26. The number of morpholine rings is 1. The van der Waals surface area contributed by atoms with Crippen LogP contribution in [0.2, 0.25) is 0 Å². The number of thioether (sulfide) groups is 1. The topological polar surface area (TPSA) is 78.0 Å². The van der Waals surface area contributed by atoms with Crippen LogP contribution >= 0.6 is 11.8 Å². The number of benzene rings is 1. The van der Waals surface area contributed by atoms with E-state index < -0.39 is 0 Å². The van der Waals surface area contributed by atoms with E-state index in [9.17, 15) is 4.79 Å². The largest absolute Gasteiger partial charge is 0.379 e. The summed E-state index contributed by atoms with van der Waals surface area (Å²) in [6.07, 6.45) is 2.03. The Morgan fingerprint density at radius 1 is 1.31 bits per heavy atom. The van der Waals surface area contributed by atoms with Gasteiger partial charge >= 0.3 is 0 Å². The summed E-state index contributed by atoms with van der Waals surface area (Å²) in [6, 6.07) is 7.76. The van der Waals surface area contributed by atoms with E-state index in [4.69, 9.17) is 4.74 Å². The molecule has 2 aliphatic rings. The predicted octanol–water partition coefficient (Wildman–Crippen LogP) is 0.962. The molecule has 2 heterocycles. The van der Waals surface area contributed by atoms with Crippen molar-refractivity contribution in [3.05, 3.63) is 35.4 Å². The van der Waals surface area contributed by atoms with Crippen LogP contribution in [0.3, 0.4) is 0 Å². The molecule has 1 aromatic carbocycles. The highest BCUT2D eigenvalue weighted by atomic mass is 32.2. The number of guanidine groups is 1. The molecule has 3 N–H and O–H groups in total.